The first-order valence-electron chi connectivity index (χ1n) is 10.6. The second-order valence-electron chi connectivity index (χ2n) is 8.39. The number of anilines is 2. The molecule has 2 aliphatic heterocycles. The molecule has 2 fully saturated rings. The van der Waals surface area contributed by atoms with Gasteiger partial charge in [0.2, 0.25) is 0 Å². The SMILES string of the molecule is O[C@@H]1CN(c2cc(NC3CCC3)ncn2)CC[C@H]1N1CCc2ccccc2C1. The number of nitrogens with one attached hydrogen (secondary N) is 1. The van der Waals surface area contributed by atoms with Gasteiger partial charge in [-0.25, -0.2) is 9.97 Å². The van der Waals surface area contributed by atoms with E-state index in [0.29, 0.717) is 12.6 Å². The van der Waals surface area contributed by atoms with Crippen molar-refractivity contribution in [3.8, 4) is 0 Å². The Morgan fingerprint density at radius 1 is 1.04 bits per heavy atom. The number of rotatable bonds is 4. The van der Waals surface area contributed by atoms with E-state index in [9.17, 15) is 5.11 Å². The van der Waals surface area contributed by atoms with Crippen LogP contribution in [0.15, 0.2) is 36.7 Å². The second kappa shape index (κ2) is 7.68. The zero-order chi connectivity index (χ0) is 18.9. The highest BCUT2D eigenvalue weighted by molar-refractivity contribution is 5.49. The maximum Gasteiger partial charge on any atom is 0.134 e. The number of fused-ring (bicyclic) bond motifs is 1. The molecule has 6 heteroatoms. The molecule has 0 radical (unpaired) electrons. The van der Waals surface area contributed by atoms with E-state index in [4.69, 9.17) is 0 Å². The van der Waals surface area contributed by atoms with Crippen molar-refractivity contribution in [3.63, 3.8) is 0 Å². The van der Waals surface area contributed by atoms with E-state index in [1.165, 1.54) is 30.4 Å². The normalized spacial score (nSPS) is 25.8. The molecule has 28 heavy (non-hydrogen) atoms. The van der Waals surface area contributed by atoms with Gasteiger partial charge in [-0.3, -0.25) is 4.90 Å². The first-order chi connectivity index (χ1) is 13.8. The third-order valence-corrected chi connectivity index (χ3v) is 6.61. The lowest BCUT2D eigenvalue weighted by molar-refractivity contribution is 0.0293. The Kier molecular flexibility index (Phi) is 4.91. The number of hydrogen-bond donors (Lipinski definition) is 2. The molecule has 0 amide bonds. The minimum absolute atomic E-state index is 0.221. The van der Waals surface area contributed by atoms with Crippen molar-refractivity contribution in [2.45, 2.75) is 56.8 Å². The molecule has 148 valence electrons. The summed E-state index contributed by atoms with van der Waals surface area (Å²) in [7, 11) is 0. The van der Waals surface area contributed by atoms with Gasteiger partial charge in [-0.05, 0) is 43.2 Å². The minimum atomic E-state index is -0.364. The molecule has 0 bridgehead atoms. The summed E-state index contributed by atoms with van der Waals surface area (Å²) in [5, 5.41) is 14.4. The van der Waals surface area contributed by atoms with Gasteiger partial charge in [-0.1, -0.05) is 24.3 Å². The van der Waals surface area contributed by atoms with E-state index in [-0.39, 0.29) is 12.1 Å². The average Bonchev–Trinajstić information content (AvgIpc) is 2.70. The quantitative estimate of drug-likeness (QED) is 0.851. The molecule has 5 rings (SSSR count). The third-order valence-electron chi connectivity index (χ3n) is 6.61. The molecule has 2 aromatic rings. The number of β-amino-alcohol motifs (C(OH)–C–C–N with tert-alkyl or cyclic N) is 1. The summed E-state index contributed by atoms with van der Waals surface area (Å²) in [6.07, 6.45) is 7.05. The maximum absolute atomic E-state index is 10.9. The van der Waals surface area contributed by atoms with Gasteiger partial charge >= 0.3 is 0 Å². The van der Waals surface area contributed by atoms with Crippen LogP contribution in [0.5, 0.6) is 0 Å². The molecule has 1 saturated carbocycles. The van der Waals surface area contributed by atoms with E-state index >= 15 is 0 Å². The summed E-state index contributed by atoms with van der Waals surface area (Å²) in [5.41, 5.74) is 2.86. The number of benzene rings is 1. The molecule has 0 spiro atoms. The Hall–Kier alpha value is -2.18. The lowest BCUT2D eigenvalue weighted by Gasteiger charge is -2.43. The molecular weight excluding hydrogens is 350 g/mol. The maximum atomic E-state index is 10.9. The summed E-state index contributed by atoms with van der Waals surface area (Å²) in [6.45, 7) is 3.52. The van der Waals surface area contributed by atoms with Crippen LogP contribution < -0.4 is 10.2 Å². The Labute approximate surface area is 166 Å². The first kappa shape index (κ1) is 17.9. The molecule has 1 aromatic carbocycles. The van der Waals surface area contributed by atoms with Crippen molar-refractivity contribution in [2.24, 2.45) is 0 Å². The van der Waals surface area contributed by atoms with Gasteiger partial charge in [0.25, 0.3) is 0 Å². The zero-order valence-electron chi connectivity index (χ0n) is 16.3. The van der Waals surface area contributed by atoms with Gasteiger partial charge < -0.3 is 15.3 Å². The fourth-order valence-corrected chi connectivity index (χ4v) is 4.71. The molecular formula is C22H29N5O. The van der Waals surface area contributed by atoms with Crippen LogP contribution in [0.1, 0.15) is 36.8 Å². The summed E-state index contributed by atoms with van der Waals surface area (Å²) in [6, 6.07) is 11.5. The van der Waals surface area contributed by atoms with Crippen molar-refractivity contribution >= 4 is 11.6 Å². The molecule has 1 aromatic heterocycles. The second-order valence-corrected chi connectivity index (χ2v) is 8.39. The van der Waals surface area contributed by atoms with E-state index < -0.39 is 0 Å². The number of hydrogen-bond acceptors (Lipinski definition) is 6. The van der Waals surface area contributed by atoms with Crippen molar-refractivity contribution in [2.75, 3.05) is 29.9 Å². The van der Waals surface area contributed by atoms with E-state index in [1.54, 1.807) is 6.33 Å². The largest absolute Gasteiger partial charge is 0.390 e. The van der Waals surface area contributed by atoms with Gasteiger partial charge in [0.1, 0.15) is 18.0 Å². The van der Waals surface area contributed by atoms with E-state index in [0.717, 1.165) is 44.1 Å². The lowest BCUT2D eigenvalue weighted by Crippen LogP contribution is -2.55. The van der Waals surface area contributed by atoms with E-state index in [2.05, 4.69) is 49.4 Å². The summed E-state index contributed by atoms with van der Waals surface area (Å²) in [5.74, 6) is 1.82. The van der Waals surface area contributed by atoms with Gasteiger partial charge in [0.05, 0.1) is 6.10 Å². The molecule has 6 nitrogen and oxygen atoms in total. The molecule has 1 aliphatic carbocycles. The van der Waals surface area contributed by atoms with Crippen molar-refractivity contribution in [3.05, 3.63) is 47.8 Å². The van der Waals surface area contributed by atoms with Crippen LogP contribution in [-0.4, -0.2) is 57.8 Å². The van der Waals surface area contributed by atoms with Gasteiger partial charge in [0, 0.05) is 44.3 Å². The highest BCUT2D eigenvalue weighted by Gasteiger charge is 2.34. The highest BCUT2D eigenvalue weighted by atomic mass is 16.3. The van der Waals surface area contributed by atoms with Crippen molar-refractivity contribution in [1.82, 2.24) is 14.9 Å². The highest BCUT2D eigenvalue weighted by Crippen LogP contribution is 2.28. The fourth-order valence-electron chi connectivity index (χ4n) is 4.71. The third kappa shape index (κ3) is 3.59. The first-order valence-corrected chi connectivity index (χ1v) is 10.6. The predicted molar refractivity (Wildman–Crippen MR) is 110 cm³/mol. The van der Waals surface area contributed by atoms with Crippen LogP contribution in [0.2, 0.25) is 0 Å². The average molecular weight is 380 g/mol. The van der Waals surface area contributed by atoms with Crippen molar-refractivity contribution in [1.29, 1.82) is 0 Å². The standard InChI is InChI=1S/C22H29N5O/c28-20-14-27(22-12-21(23-15-24-22)25-18-6-3-7-18)11-9-19(20)26-10-8-16-4-1-2-5-17(16)13-26/h1-2,4-5,12,15,18-20,28H,3,6-11,13-14H2,(H,23,24,25)/t19-,20-/m1/s1. The fraction of sp³-hybridized carbons (Fsp3) is 0.545. The van der Waals surface area contributed by atoms with E-state index in [1.807, 2.05) is 6.07 Å². The Balaban J connectivity index is 1.23. The molecule has 1 saturated heterocycles. The van der Waals surface area contributed by atoms with Crippen LogP contribution in [-0.2, 0) is 13.0 Å². The molecule has 3 heterocycles. The summed E-state index contributed by atoms with van der Waals surface area (Å²) in [4.78, 5) is 13.5. The van der Waals surface area contributed by atoms with Gasteiger partial charge in [0.15, 0.2) is 0 Å². The molecule has 2 N–H and O–H groups in total. The van der Waals surface area contributed by atoms with Gasteiger partial charge in [-0.15, -0.1) is 0 Å². The molecule has 2 atom stereocenters. The summed E-state index contributed by atoms with van der Waals surface area (Å²) >= 11 is 0. The summed E-state index contributed by atoms with van der Waals surface area (Å²) < 4.78 is 0. The van der Waals surface area contributed by atoms with Gasteiger partial charge in [-0.2, -0.15) is 0 Å². The minimum Gasteiger partial charge on any atom is -0.390 e. The Bertz CT molecular complexity index is 824. The molecule has 0 unspecified atom stereocenters. The Morgan fingerprint density at radius 3 is 2.68 bits per heavy atom. The number of aromatic nitrogens is 2. The smallest absolute Gasteiger partial charge is 0.134 e. The molecule has 3 aliphatic rings. The van der Waals surface area contributed by atoms with Crippen LogP contribution in [0, 0.1) is 0 Å². The number of piperidine rings is 1. The van der Waals surface area contributed by atoms with Crippen molar-refractivity contribution < 1.29 is 5.11 Å². The number of aliphatic hydroxyl groups excluding tert-OH is 1. The van der Waals surface area contributed by atoms with Crippen LogP contribution >= 0.6 is 0 Å². The lowest BCUT2D eigenvalue weighted by atomic mass is 9.93. The zero-order valence-corrected chi connectivity index (χ0v) is 16.3. The predicted octanol–water partition coefficient (Wildman–Crippen LogP) is 2.44. The van der Waals surface area contributed by atoms with Crippen LogP contribution in [0.25, 0.3) is 0 Å². The Morgan fingerprint density at radius 2 is 1.89 bits per heavy atom. The number of aliphatic hydroxyl groups is 1. The topological polar surface area (TPSA) is 64.5 Å². The number of nitrogens with zero attached hydrogens (tertiary/aromatic N) is 4. The monoisotopic (exact) mass is 379 g/mol. The van der Waals surface area contributed by atoms with Crippen LogP contribution in [0.4, 0.5) is 11.6 Å². The van der Waals surface area contributed by atoms with Crippen LogP contribution in [0.3, 0.4) is 0 Å².